The fourth-order valence-electron chi connectivity index (χ4n) is 1.55. The number of rotatable bonds is 6. The molecular weight excluding hydrogens is 385 g/mol. The molecule has 5 N–H and O–H groups in total. The van der Waals surface area contributed by atoms with Crippen molar-refractivity contribution in [1.82, 2.24) is 15.3 Å². The van der Waals surface area contributed by atoms with Crippen LogP contribution in [0.5, 0.6) is 0 Å². The van der Waals surface area contributed by atoms with Gasteiger partial charge in [-0.05, 0) is 34.1 Å². The van der Waals surface area contributed by atoms with Crippen molar-refractivity contribution >= 4 is 31.8 Å². The van der Waals surface area contributed by atoms with Gasteiger partial charge in [0.25, 0.3) is 10.2 Å². The van der Waals surface area contributed by atoms with Crippen LogP contribution < -0.4 is 20.2 Å². The van der Waals surface area contributed by atoms with Crippen LogP contribution in [0.1, 0.15) is 0 Å². The number of hydroxylamine groups is 3. The molecule has 1 aromatic rings. The van der Waals surface area contributed by atoms with E-state index in [0.29, 0.717) is 10.9 Å². The molecule has 0 aliphatic carbocycles. The highest BCUT2D eigenvalue weighted by Gasteiger charge is 2.23. The van der Waals surface area contributed by atoms with E-state index in [1.54, 1.807) is 0 Å². The highest BCUT2D eigenvalue weighted by Crippen LogP contribution is 2.26. The molecule has 1 heterocycles. The topological polar surface area (TPSA) is 120 Å². The third-order valence-electron chi connectivity index (χ3n) is 2.50. The van der Waals surface area contributed by atoms with Gasteiger partial charge >= 0.3 is 0 Å². The molecule has 1 aliphatic heterocycles. The van der Waals surface area contributed by atoms with Crippen molar-refractivity contribution in [2.45, 2.75) is 0 Å². The van der Waals surface area contributed by atoms with Crippen LogP contribution in [0.3, 0.4) is 0 Å². The fourth-order valence-corrected chi connectivity index (χ4v) is 2.31. The summed E-state index contributed by atoms with van der Waals surface area (Å²) in [6, 6.07) is 4.15. The molecule has 0 bridgehead atoms. The number of halogens is 2. The zero-order chi connectivity index (χ0) is 16.3. The Balaban J connectivity index is 1.96. The zero-order valence-corrected chi connectivity index (χ0v) is 13.4. The summed E-state index contributed by atoms with van der Waals surface area (Å²) in [4.78, 5) is 5.01. The van der Waals surface area contributed by atoms with Crippen LogP contribution in [-0.2, 0) is 15.1 Å². The van der Waals surface area contributed by atoms with Gasteiger partial charge in [0.1, 0.15) is 5.82 Å². The first kappa shape index (κ1) is 16.9. The van der Waals surface area contributed by atoms with Crippen molar-refractivity contribution in [3.63, 3.8) is 0 Å². The second-order valence-corrected chi connectivity index (χ2v) is 6.39. The first-order valence-corrected chi connectivity index (χ1v) is 8.24. The van der Waals surface area contributed by atoms with Crippen molar-refractivity contribution < 1.29 is 23.0 Å². The number of nitrogens with zero attached hydrogens (tertiary/aromatic N) is 2. The summed E-state index contributed by atoms with van der Waals surface area (Å²) < 4.78 is 36.9. The zero-order valence-electron chi connectivity index (χ0n) is 11.0. The molecule has 1 aliphatic rings. The maximum absolute atomic E-state index is 13.2. The van der Waals surface area contributed by atoms with Crippen molar-refractivity contribution in [3.05, 3.63) is 40.5 Å². The SMILES string of the molecule is NS(=O)(=O)NCCNC1=CN(c2ccc(F)c(Br)c2)ON1O. The van der Waals surface area contributed by atoms with E-state index in [1.165, 1.54) is 29.5 Å². The molecule has 0 spiro atoms. The molecule has 0 fully saturated rings. The smallest absolute Gasteiger partial charge is 0.274 e. The monoisotopic (exact) mass is 397 g/mol. The van der Waals surface area contributed by atoms with Gasteiger partial charge in [0.05, 0.1) is 16.4 Å². The number of nitrogens with one attached hydrogen (secondary N) is 2. The van der Waals surface area contributed by atoms with Crippen LogP contribution >= 0.6 is 15.9 Å². The Morgan fingerprint density at radius 1 is 1.41 bits per heavy atom. The highest BCUT2D eigenvalue weighted by atomic mass is 79.9. The molecule has 122 valence electrons. The fraction of sp³-hybridized carbons (Fsp3) is 0.200. The first-order chi connectivity index (χ1) is 10.3. The van der Waals surface area contributed by atoms with Crippen LogP contribution in [0.4, 0.5) is 10.1 Å². The highest BCUT2D eigenvalue weighted by molar-refractivity contribution is 9.10. The second kappa shape index (κ2) is 6.76. The molecule has 22 heavy (non-hydrogen) atoms. The summed E-state index contributed by atoms with van der Waals surface area (Å²) in [5, 5.41) is 18.7. The van der Waals surface area contributed by atoms with Crippen molar-refractivity contribution in [3.8, 4) is 0 Å². The minimum atomic E-state index is -3.76. The number of nitrogens with two attached hydrogens (primary N) is 1. The van der Waals surface area contributed by atoms with E-state index in [4.69, 9.17) is 10.1 Å². The normalized spacial score (nSPS) is 15.2. The number of hydrogen-bond donors (Lipinski definition) is 4. The summed E-state index contributed by atoms with van der Waals surface area (Å²) in [7, 11) is -3.76. The Bertz CT molecular complexity index is 686. The number of anilines is 1. The van der Waals surface area contributed by atoms with Crippen LogP contribution in [-0.4, -0.2) is 31.9 Å². The Kier molecular flexibility index (Phi) is 5.20. The lowest BCUT2D eigenvalue weighted by atomic mass is 10.3. The molecule has 0 unspecified atom stereocenters. The van der Waals surface area contributed by atoms with Crippen LogP contribution in [0.25, 0.3) is 0 Å². The first-order valence-electron chi connectivity index (χ1n) is 5.91. The van der Waals surface area contributed by atoms with E-state index in [1.807, 2.05) is 0 Å². The molecule has 9 nitrogen and oxygen atoms in total. The average molecular weight is 398 g/mol. The van der Waals surface area contributed by atoms with Crippen LogP contribution in [0.2, 0.25) is 0 Å². The van der Waals surface area contributed by atoms with Crippen LogP contribution in [0.15, 0.2) is 34.7 Å². The maximum Gasteiger partial charge on any atom is 0.274 e. The summed E-state index contributed by atoms with van der Waals surface area (Å²) in [5.74, 6) is -0.267. The largest absolute Gasteiger partial charge is 0.365 e. The molecule has 0 atom stereocenters. The summed E-state index contributed by atoms with van der Waals surface area (Å²) >= 11 is 3.05. The van der Waals surface area contributed by atoms with Gasteiger partial charge in [-0.3, -0.25) is 5.21 Å². The Hall–Kier alpha value is -1.44. The minimum Gasteiger partial charge on any atom is -0.365 e. The van der Waals surface area contributed by atoms with Crippen molar-refractivity contribution in [2.24, 2.45) is 5.14 Å². The average Bonchev–Trinajstić information content (AvgIpc) is 2.78. The molecular formula is C10H13BrFN5O4S. The second-order valence-electron chi connectivity index (χ2n) is 4.16. The molecule has 2 rings (SSSR count). The van der Waals surface area contributed by atoms with Crippen molar-refractivity contribution in [1.29, 1.82) is 0 Å². The standard InChI is InChI=1S/C10H13BrFN5O4S/c11-8-5-7(1-2-9(8)12)16-6-10(17(18)21-16)14-3-4-15-22(13,19)20/h1-2,5-6,14-15,18H,3-4H2,(H2,13,19,20). The van der Waals surface area contributed by atoms with Gasteiger partial charge < -0.3 is 5.32 Å². The molecule has 1 aromatic carbocycles. The third kappa shape index (κ3) is 4.53. The summed E-state index contributed by atoms with van der Waals surface area (Å²) in [6.07, 6.45) is 1.40. The van der Waals surface area contributed by atoms with E-state index in [9.17, 15) is 18.0 Å². The maximum atomic E-state index is 13.2. The summed E-state index contributed by atoms with van der Waals surface area (Å²) in [6.45, 7) is 0.176. The lowest BCUT2D eigenvalue weighted by Crippen LogP contribution is -2.37. The molecule has 12 heteroatoms. The van der Waals surface area contributed by atoms with Gasteiger partial charge in [-0.25, -0.2) is 14.3 Å². The van der Waals surface area contributed by atoms with Crippen molar-refractivity contribution in [2.75, 3.05) is 18.2 Å². The Labute approximate surface area is 134 Å². The predicted molar refractivity (Wildman–Crippen MR) is 78.5 cm³/mol. The summed E-state index contributed by atoms with van der Waals surface area (Å²) in [5.41, 5.74) is 0.465. The quantitative estimate of drug-likeness (QED) is 0.503. The molecule has 0 saturated heterocycles. The Morgan fingerprint density at radius 2 is 2.14 bits per heavy atom. The molecule has 0 aromatic heterocycles. The van der Waals surface area contributed by atoms with E-state index >= 15 is 0 Å². The van der Waals surface area contributed by atoms with Gasteiger partial charge in [0.15, 0.2) is 5.82 Å². The predicted octanol–water partition coefficient (Wildman–Crippen LogP) is 0.128. The lowest BCUT2D eigenvalue weighted by molar-refractivity contribution is -0.306. The van der Waals surface area contributed by atoms with Crippen LogP contribution in [0, 0.1) is 5.82 Å². The lowest BCUT2D eigenvalue weighted by Gasteiger charge is -2.16. The Morgan fingerprint density at radius 3 is 2.77 bits per heavy atom. The van der Waals surface area contributed by atoms with Gasteiger partial charge in [0, 0.05) is 13.1 Å². The molecule has 0 saturated carbocycles. The van der Waals surface area contributed by atoms with Gasteiger partial charge in [0.2, 0.25) is 0 Å². The molecule has 0 radical (unpaired) electrons. The van der Waals surface area contributed by atoms with Gasteiger partial charge in [-0.1, -0.05) is 5.23 Å². The van der Waals surface area contributed by atoms with E-state index in [-0.39, 0.29) is 23.4 Å². The van der Waals surface area contributed by atoms with E-state index in [0.717, 1.165) is 0 Å². The third-order valence-corrected chi connectivity index (χ3v) is 3.72. The molecule has 0 amide bonds. The number of hydrogen-bond acceptors (Lipinski definition) is 7. The minimum absolute atomic E-state index is 0.0200. The van der Waals surface area contributed by atoms with E-state index < -0.39 is 16.0 Å². The van der Waals surface area contributed by atoms with E-state index in [2.05, 4.69) is 26.0 Å². The van der Waals surface area contributed by atoms with Gasteiger partial charge in [-0.2, -0.15) is 13.5 Å². The van der Waals surface area contributed by atoms with Gasteiger partial charge in [-0.15, -0.1) is 4.94 Å². The number of benzene rings is 1.